The molecular formula is C26H28N2O4. The van der Waals surface area contributed by atoms with E-state index < -0.39 is 5.41 Å². The van der Waals surface area contributed by atoms with E-state index >= 15 is 0 Å². The summed E-state index contributed by atoms with van der Waals surface area (Å²) in [6.45, 7) is 4.91. The summed E-state index contributed by atoms with van der Waals surface area (Å²) in [5.41, 5.74) is 2.20. The zero-order chi connectivity index (χ0) is 21.3. The highest BCUT2D eigenvalue weighted by molar-refractivity contribution is 6.11. The fourth-order valence-electron chi connectivity index (χ4n) is 6.02. The largest absolute Gasteiger partial charge is 0.491 e. The predicted molar refractivity (Wildman–Crippen MR) is 120 cm³/mol. The number of likely N-dealkylation sites (tertiary alicyclic amines) is 1. The number of hydrogen-bond acceptors (Lipinski definition) is 5. The van der Waals surface area contributed by atoms with Crippen LogP contribution < -0.4 is 19.1 Å². The van der Waals surface area contributed by atoms with E-state index in [1.54, 1.807) is 0 Å². The normalized spacial score (nSPS) is 26.5. The van der Waals surface area contributed by atoms with Crippen LogP contribution in [0.5, 0.6) is 17.2 Å². The molecular weight excluding hydrogens is 404 g/mol. The van der Waals surface area contributed by atoms with Crippen molar-refractivity contribution < 1.29 is 19.0 Å². The standard InChI is InChI=1S/C26H28N2O4/c29-25-26(15-30-22-12-24-23(11-20(22)26)31-16-32-24)19-3-1-2-4-21(19)28(25)14-18-7-9-27(10-8-18)13-17-5-6-17/h1-4,11-12,17-18H,5-10,13-16H2. The lowest BCUT2D eigenvalue weighted by Crippen LogP contribution is -2.45. The van der Waals surface area contributed by atoms with Crippen molar-refractivity contribution in [3.05, 3.63) is 47.5 Å². The number of para-hydroxylation sites is 1. The fourth-order valence-corrected chi connectivity index (χ4v) is 6.02. The number of benzene rings is 2. The topological polar surface area (TPSA) is 51.2 Å². The second kappa shape index (κ2) is 6.88. The average Bonchev–Trinajstić information content (AvgIpc) is 3.30. The van der Waals surface area contributed by atoms with Gasteiger partial charge in [0.15, 0.2) is 11.5 Å². The number of ether oxygens (including phenoxy) is 3. The molecule has 1 aliphatic carbocycles. The number of nitrogens with zero attached hydrogens (tertiary/aromatic N) is 2. The Balaban J connectivity index is 1.19. The van der Waals surface area contributed by atoms with Crippen LogP contribution in [0.1, 0.15) is 36.8 Å². The van der Waals surface area contributed by atoms with Gasteiger partial charge in [-0.25, -0.2) is 0 Å². The molecule has 1 atom stereocenters. The quantitative estimate of drug-likeness (QED) is 0.740. The summed E-state index contributed by atoms with van der Waals surface area (Å²) in [4.78, 5) is 18.8. The molecule has 166 valence electrons. The number of amides is 1. The summed E-state index contributed by atoms with van der Waals surface area (Å²) in [6, 6.07) is 12.1. The van der Waals surface area contributed by atoms with Crippen LogP contribution >= 0.6 is 0 Å². The van der Waals surface area contributed by atoms with E-state index in [1.165, 1.54) is 19.4 Å². The van der Waals surface area contributed by atoms with Crippen LogP contribution in [0.25, 0.3) is 0 Å². The number of fused-ring (bicyclic) bond motifs is 5. The van der Waals surface area contributed by atoms with Crippen molar-refractivity contribution in [1.82, 2.24) is 4.90 Å². The molecule has 4 heterocycles. The number of carbonyl (C=O) groups excluding carboxylic acids is 1. The van der Waals surface area contributed by atoms with Gasteiger partial charge in [0, 0.05) is 30.4 Å². The van der Waals surface area contributed by atoms with Crippen LogP contribution in [0.4, 0.5) is 5.69 Å². The molecule has 6 heteroatoms. The Bertz CT molecular complexity index is 1090. The molecule has 2 fully saturated rings. The van der Waals surface area contributed by atoms with E-state index in [1.807, 2.05) is 29.2 Å². The van der Waals surface area contributed by atoms with E-state index in [9.17, 15) is 4.79 Å². The maximum atomic E-state index is 14.1. The molecule has 0 radical (unpaired) electrons. The molecule has 6 nitrogen and oxygen atoms in total. The molecule has 2 aromatic rings. The predicted octanol–water partition coefficient (Wildman–Crippen LogP) is 3.56. The van der Waals surface area contributed by atoms with Crippen LogP contribution in [0.3, 0.4) is 0 Å². The van der Waals surface area contributed by atoms with Gasteiger partial charge in [0.25, 0.3) is 0 Å². The van der Waals surface area contributed by atoms with E-state index in [2.05, 4.69) is 17.0 Å². The maximum absolute atomic E-state index is 14.1. The van der Waals surface area contributed by atoms with Crippen LogP contribution in [-0.4, -0.2) is 50.4 Å². The number of carbonyl (C=O) groups is 1. The van der Waals surface area contributed by atoms with Gasteiger partial charge in [-0.15, -0.1) is 0 Å². The van der Waals surface area contributed by atoms with Crippen molar-refractivity contribution in [2.45, 2.75) is 31.1 Å². The lowest BCUT2D eigenvalue weighted by molar-refractivity contribution is -0.122. The van der Waals surface area contributed by atoms with Crippen LogP contribution in [0.2, 0.25) is 0 Å². The Morgan fingerprint density at radius 2 is 1.59 bits per heavy atom. The molecule has 0 N–H and O–H groups in total. The maximum Gasteiger partial charge on any atom is 0.245 e. The SMILES string of the molecule is O=C1N(CC2CCN(CC3CC3)CC2)c2ccccc2C12COc1cc3c(cc12)OCO3. The first-order valence-electron chi connectivity index (χ1n) is 11.9. The smallest absolute Gasteiger partial charge is 0.245 e. The zero-order valence-electron chi connectivity index (χ0n) is 18.2. The summed E-state index contributed by atoms with van der Waals surface area (Å²) in [7, 11) is 0. The monoisotopic (exact) mass is 432 g/mol. The third-order valence-electron chi connectivity index (χ3n) is 8.00. The number of rotatable bonds is 4. The molecule has 1 unspecified atom stereocenters. The summed E-state index contributed by atoms with van der Waals surface area (Å²) in [6.07, 6.45) is 5.14. The highest BCUT2D eigenvalue weighted by Crippen LogP contribution is 2.55. The molecule has 1 amide bonds. The molecule has 2 aromatic carbocycles. The molecule has 4 aliphatic heterocycles. The van der Waals surface area contributed by atoms with Gasteiger partial charge in [0.1, 0.15) is 17.8 Å². The van der Waals surface area contributed by atoms with Crippen LogP contribution in [0.15, 0.2) is 36.4 Å². The summed E-state index contributed by atoms with van der Waals surface area (Å²) >= 11 is 0. The second-order valence-corrected chi connectivity index (χ2v) is 10.0. The van der Waals surface area contributed by atoms with Gasteiger partial charge in [-0.3, -0.25) is 4.79 Å². The Labute approximate surface area is 188 Å². The molecule has 1 saturated carbocycles. The van der Waals surface area contributed by atoms with Crippen LogP contribution in [-0.2, 0) is 10.2 Å². The van der Waals surface area contributed by atoms with Gasteiger partial charge >= 0.3 is 0 Å². The molecule has 1 saturated heterocycles. The van der Waals surface area contributed by atoms with Gasteiger partial charge in [-0.05, 0) is 68.3 Å². The Kier molecular flexibility index (Phi) is 4.04. The van der Waals surface area contributed by atoms with Gasteiger partial charge in [-0.2, -0.15) is 0 Å². The first kappa shape index (κ1) is 18.8. The van der Waals surface area contributed by atoms with E-state index in [-0.39, 0.29) is 12.7 Å². The fraction of sp³-hybridized carbons (Fsp3) is 0.500. The van der Waals surface area contributed by atoms with Crippen molar-refractivity contribution in [1.29, 1.82) is 0 Å². The van der Waals surface area contributed by atoms with Crippen molar-refractivity contribution in [3.8, 4) is 17.2 Å². The van der Waals surface area contributed by atoms with Crippen molar-refractivity contribution in [2.75, 3.05) is 44.5 Å². The molecule has 7 rings (SSSR count). The van der Waals surface area contributed by atoms with Gasteiger partial charge in [0.05, 0.1) is 0 Å². The first-order chi connectivity index (χ1) is 15.7. The molecule has 0 aromatic heterocycles. The van der Waals surface area contributed by atoms with Gasteiger partial charge < -0.3 is 24.0 Å². The van der Waals surface area contributed by atoms with Crippen molar-refractivity contribution in [2.24, 2.45) is 11.8 Å². The highest BCUT2D eigenvalue weighted by atomic mass is 16.7. The summed E-state index contributed by atoms with van der Waals surface area (Å²) < 4.78 is 17.3. The minimum Gasteiger partial charge on any atom is -0.491 e. The Morgan fingerprint density at radius 1 is 0.844 bits per heavy atom. The van der Waals surface area contributed by atoms with E-state index in [0.29, 0.717) is 24.0 Å². The Morgan fingerprint density at radius 3 is 2.41 bits per heavy atom. The summed E-state index contributed by atoms with van der Waals surface area (Å²) in [5, 5.41) is 0. The number of hydrogen-bond donors (Lipinski definition) is 0. The van der Waals surface area contributed by atoms with Crippen molar-refractivity contribution >= 4 is 11.6 Å². The molecule has 0 bridgehead atoms. The first-order valence-corrected chi connectivity index (χ1v) is 11.9. The van der Waals surface area contributed by atoms with Gasteiger partial charge in [-0.1, -0.05) is 18.2 Å². The minimum absolute atomic E-state index is 0.136. The van der Waals surface area contributed by atoms with E-state index in [0.717, 1.165) is 61.0 Å². The zero-order valence-corrected chi connectivity index (χ0v) is 18.2. The van der Waals surface area contributed by atoms with Gasteiger partial charge in [0.2, 0.25) is 12.7 Å². The van der Waals surface area contributed by atoms with Crippen LogP contribution in [0, 0.1) is 11.8 Å². The Hall–Kier alpha value is -2.73. The third kappa shape index (κ3) is 2.71. The molecule has 32 heavy (non-hydrogen) atoms. The lowest BCUT2D eigenvalue weighted by atomic mass is 9.77. The average molecular weight is 433 g/mol. The van der Waals surface area contributed by atoms with E-state index in [4.69, 9.17) is 14.2 Å². The van der Waals surface area contributed by atoms with Crippen molar-refractivity contribution in [3.63, 3.8) is 0 Å². The molecule has 5 aliphatic rings. The number of piperidine rings is 1. The summed E-state index contributed by atoms with van der Waals surface area (Å²) in [5.74, 6) is 3.73. The number of anilines is 1. The highest BCUT2D eigenvalue weighted by Gasteiger charge is 2.57. The minimum atomic E-state index is -0.792. The molecule has 1 spiro atoms. The second-order valence-electron chi connectivity index (χ2n) is 10.0. The third-order valence-corrected chi connectivity index (χ3v) is 8.00. The lowest BCUT2D eigenvalue weighted by Gasteiger charge is -2.34.